The Morgan fingerprint density at radius 3 is 2.32 bits per heavy atom. The Balaban J connectivity index is 1.20. The molecular formula is C28H39ClN2O3. The highest BCUT2D eigenvalue weighted by Gasteiger charge is 2.35. The average molecular weight is 487 g/mol. The van der Waals surface area contributed by atoms with Gasteiger partial charge < -0.3 is 19.1 Å². The molecular weight excluding hydrogens is 448 g/mol. The van der Waals surface area contributed by atoms with Gasteiger partial charge >= 0.3 is 0 Å². The first-order chi connectivity index (χ1) is 16.6. The zero-order valence-electron chi connectivity index (χ0n) is 20.5. The van der Waals surface area contributed by atoms with E-state index >= 15 is 0 Å². The van der Waals surface area contributed by atoms with Crippen LogP contribution in [0, 0.1) is 0 Å². The summed E-state index contributed by atoms with van der Waals surface area (Å²) < 4.78 is 18.0. The van der Waals surface area contributed by atoms with Gasteiger partial charge in [-0.2, -0.15) is 0 Å². The van der Waals surface area contributed by atoms with Crippen LogP contribution < -0.4 is 9.47 Å². The lowest BCUT2D eigenvalue weighted by Gasteiger charge is -2.40. The molecule has 0 N–H and O–H groups in total. The zero-order chi connectivity index (χ0) is 23.6. The van der Waals surface area contributed by atoms with Crippen molar-refractivity contribution in [2.75, 3.05) is 53.0 Å². The summed E-state index contributed by atoms with van der Waals surface area (Å²) >= 11 is 6.08. The van der Waals surface area contributed by atoms with Crippen LogP contribution in [0.4, 0.5) is 0 Å². The van der Waals surface area contributed by atoms with E-state index < -0.39 is 0 Å². The largest absolute Gasteiger partial charge is 0.494 e. The molecule has 0 aliphatic carbocycles. The smallest absolute Gasteiger partial charge is 0.120 e. The molecule has 0 atom stereocenters. The molecule has 0 aromatic heterocycles. The van der Waals surface area contributed by atoms with Crippen molar-refractivity contribution in [1.82, 2.24) is 9.80 Å². The molecule has 2 aromatic rings. The minimum atomic E-state index is -0.252. The van der Waals surface area contributed by atoms with Gasteiger partial charge in [0.25, 0.3) is 0 Å². The van der Waals surface area contributed by atoms with Crippen molar-refractivity contribution < 1.29 is 14.2 Å². The van der Waals surface area contributed by atoms with Crippen LogP contribution in [0.5, 0.6) is 11.5 Å². The molecule has 0 saturated carbocycles. The lowest BCUT2D eigenvalue weighted by atomic mass is 9.91. The fraction of sp³-hybridized carbons (Fsp3) is 0.571. The molecule has 0 radical (unpaired) electrons. The Labute approximate surface area is 209 Å². The first-order valence-electron chi connectivity index (χ1n) is 12.7. The molecule has 2 heterocycles. The summed E-state index contributed by atoms with van der Waals surface area (Å²) in [6.07, 6.45) is 7.06. The second-order valence-corrected chi connectivity index (χ2v) is 10.1. The molecule has 4 rings (SSSR count). The van der Waals surface area contributed by atoms with E-state index in [1.807, 2.05) is 24.3 Å². The SMILES string of the molecule is COC1(COc2cccc(Cl)c2)CCN(Cc2cccc(OCCCN3CCCCC3)c2)CC1. The van der Waals surface area contributed by atoms with Crippen molar-refractivity contribution in [3.8, 4) is 11.5 Å². The first kappa shape index (κ1) is 25.3. The van der Waals surface area contributed by atoms with Gasteiger partial charge in [-0.1, -0.05) is 36.2 Å². The molecule has 34 heavy (non-hydrogen) atoms. The maximum atomic E-state index is 6.08. The van der Waals surface area contributed by atoms with Crippen LogP contribution >= 0.6 is 11.6 Å². The normalized spacial score (nSPS) is 19.1. The highest BCUT2D eigenvalue weighted by Crippen LogP contribution is 2.29. The Morgan fingerprint density at radius 1 is 0.853 bits per heavy atom. The van der Waals surface area contributed by atoms with Gasteiger partial charge in [0.2, 0.25) is 0 Å². The molecule has 2 aromatic carbocycles. The first-order valence-corrected chi connectivity index (χ1v) is 13.1. The Bertz CT molecular complexity index is 879. The summed E-state index contributed by atoms with van der Waals surface area (Å²) in [5, 5.41) is 0.687. The van der Waals surface area contributed by atoms with Crippen molar-refractivity contribution in [3.63, 3.8) is 0 Å². The summed E-state index contributed by atoms with van der Waals surface area (Å²) in [6.45, 7) is 7.87. The van der Waals surface area contributed by atoms with E-state index in [4.69, 9.17) is 25.8 Å². The fourth-order valence-corrected chi connectivity index (χ4v) is 5.13. The van der Waals surface area contributed by atoms with Gasteiger partial charge in [-0.25, -0.2) is 0 Å². The average Bonchev–Trinajstić information content (AvgIpc) is 2.87. The zero-order valence-corrected chi connectivity index (χ0v) is 21.3. The Morgan fingerprint density at radius 2 is 1.59 bits per heavy atom. The van der Waals surface area contributed by atoms with Gasteiger partial charge in [0.05, 0.1) is 6.61 Å². The van der Waals surface area contributed by atoms with Crippen LogP contribution in [0.25, 0.3) is 0 Å². The molecule has 2 aliphatic heterocycles. The van der Waals surface area contributed by atoms with E-state index in [9.17, 15) is 0 Å². The maximum Gasteiger partial charge on any atom is 0.120 e. The molecule has 2 saturated heterocycles. The number of halogens is 1. The Kier molecular flexibility index (Phi) is 9.51. The molecule has 0 spiro atoms. The highest BCUT2D eigenvalue weighted by atomic mass is 35.5. The molecule has 186 valence electrons. The third kappa shape index (κ3) is 7.61. The van der Waals surface area contributed by atoms with Crippen LogP contribution in [0.3, 0.4) is 0 Å². The van der Waals surface area contributed by atoms with Gasteiger partial charge in [-0.15, -0.1) is 0 Å². The molecule has 0 bridgehead atoms. The van der Waals surface area contributed by atoms with E-state index in [0.717, 1.165) is 63.5 Å². The number of hydrogen-bond acceptors (Lipinski definition) is 5. The molecule has 2 aliphatic rings. The van der Waals surface area contributed by atoms with Crippen LogP contribution in [-0.4, -0.2) is 68.4 Å². The lowest BCUT2D eigenvalue weighted by molar-refractivity contribution is -0.0839. The third-order valence-electron chi connectivity index (χ3n) is 7.14. The van der Waals surface area contributed by atoms with E-state index in [0.29, 0.717) is 11.6 Å². The summed E-state index contributed by atoms with van der Waals surface area (Å²) in [5.74, 6) is 1.77. The van der Waals surface area contributed by atoms with Gasteiger partial charge in [0, 0.05) is 38.3 Å². The van der Waals surface area contributed by atoms with Gasteiger partial charge in [-0.3, -0.25) is 4.90 Å². The quantitative estimate of drug-likeness (QED) is 0.383. The van der Waals surface area contributed by atoms with Crippen molar-refractivity contribution in [1.29, 1.82) is 0 Å². The van der Waals surface area contributed by atoms with Crippen molar-refractivity contribution in [2.45, 2.75) is 50.7 Å². The van der Waals surface area contributed by atoms with E-state index in [1.165, 1.54) is 37.9 Å². The number of methoxy groups -OCH3 is 1. The number of ether oxygens (including phenoxy) is 3. The van der Waals surface area contributed by atoms with Gasteiger partial charge in [0.1, 0.15) is 23.7 Å². The van der Waals surface area contributed by atoms with Gasteiger partial charge in [0.15, 0.2) is 0 Å². The lowest BCUT2D eigenvalue weighted by Crippen LogP contribution is -2.48. The van der Waals surface area contributed by atoms with E-state index in [2.05, 4.69) is 34.1 Å². The second-order valence-electron chi connectivity index (χ2n) is 9.66. The Hall–Kier alpha value is -1.79. The number of benzene rings is 2. The second kappa shape index (κ2) is 12.8. The third-order valence-corrected chi connectivity index (χ3v) is 7.37. The highest BCUT2D eigenvalue weighted by molar-refractivity contribution is 6.30. The maximum absolute atomic E-state index is 6.08. The summed E-state index contributed by atoms with van der Waals surface area (Å²) in [6, 6.07) is 16.1. The van der Waals surface area contributed by atoms with Crippen LogP contribution in [0.15, 0.2) is 48.5 Å². The molecule has 5 nitrogen and oxygen atoms in total. The van der Waals surface area contributed by atoms with Crippen molar-refractivity contribution >= 4 is 11.6 Å². The minimum absolute atomic E-state index is 0.252. The predicted molar refractivity (Wildman–Crippen MR) is 138 cm³/mol. The minimum Gasteiger partial charge on any atom is -0.494 e. The monoisotopic (exact) mass is 486 g/mol. The van der Waals surface area contributed by atoms with Crippen molar-refractivity contribution in [2.24, 2.45) is 0 Å². The summed E-state index contributed by atoms with van der Waals surface area (Å²) in [5.41, 5.74) is 1.05. The molecule has 6 heteroatoms. The predicted octanol–water partition coefficient (Wildman–Crippen LogP) is 5.65. The van der Waals surface area contributed by atoms with E-state index in [-0.39, 0.29) is 5.60 Å². The molecule has 0 amide bonds. The van der Waals surface area contributed by atoms with Crippen LogP contribution in [0.2, 0.25) is 5.02 Å². The topological polar surface area (TPSA) is 34.2 Å². The number of rotatable bonds is 11. The fourth-order valence-electron chi connectivity index (χ4n) is 4.95. The number of nitrogens with zero attached hydrogens (tertiary/aromatic N) is 2. The number of piperidine rings is 2. The van der Waals surface area contributed by atoms with Crippen molar-refractivity contribution in [3.05, 3.63) is 59.1 Å². The summed E-state index contributed by atoms with van der Waals surface area (Å²) in [7, 11) is 1.79. The van der Waals surface area contributed by atoms with Crippen LogP contribution in [-0.2, 0) is 11.3 Å². The number of likely N-dealkylation sites (tertiary alicyclic amines) is 2. The molecule has 0 unspecified atom stereocenters. The standard InChI is InChI=1S/C28H39ClN2O3/c1-32-28(23-34-27-11-6-9-25(29)21-27)12-17-31(18-13-28)22-24-8-5-10-26(20-24)33-19-7-16-30-14-3-2-4-15-30/h5-6,8-11,20-21H,2-4,7,12-19,22-23H2,1H3. The molecule has 2 fully saturated rings. The van der Waals surface area contributed by atoms with E-state index in [1.54, 1.807) is 7.11 Å². The number of hydrogen-bond donors (Lipinski definition) is 0. The van der Waals surface area contributed by atoms with Gasteiger partial charge in [-0.05, 0) is 81.1 Å². The van der Waals surface area contributed by atoms with Crippen LogP contribution in [0.1, 0.15) is 44.1 Å². The summed E-state index contributed by atoms with van der Waals surface area (Å²) in [4.78, 5) is 5.06.